The number of halogens is 1. The van der Waals surface area contributed by atoms with Crippen LogP contribution in [0.4, 0.5) is 0 Å². The lowest BCUT2D eigenvalue weighted by atomic mass is 10.1. The number of ether oxygens (including phenoxy) is 1. The minimum atomic E-state index is -0.0645. The lowest BCUT2D eigenvalue weighted by Crippen LogP contribution is -1.94. The van der Waals surface area contributed by atoms with E-state index >= 15 is 0 Å². The van der Waals surface area contributed by atoms with Crippen LogP contribution in [0.5, 0.6) is 11.5 Å². The molecule has 4 nitrogen and oxygen atoms in total. The Morgan fingerprint density at radius 1 is 1.44 bits per heavy atom. The first-order valence-electron chi connectivity index (χ1n) is 5.61. The molecule has 0 spiro atoms. The average Bonchev–Trinajstić information content (AvgIpc) is 2.76. The molecular weight excluding hydrogens is 252 g/mol. The van der Waals surface area contributed by atoms with Crippen LogP contribution >= 0.6 is 11.6 Å². The molecule has 94 valence electrons. The van der Waals surface area contributed by atoms with Gasteiger partial charge in [-0.1, -0.05) is 11.6 Å². The second-order valence-electron chi connectivity index (χ2n) is 3.83. The minimum absolute atomic E-state index is 0.0645. The third-order valence-electron chi connectivity index (χ3n) is 2.49. The molecule has 0 fully saturated rings. The van der Waals surface area contributed by atoms with Gasteiger partial charge in [-0.2, -0.15) is 5.10 Å². The number of hydrogen-bond acceptors (Lipinski definition) is 3. The molecule has 0 saturated carbocycles. The van der Waals surface area contributed by atoms with E-state index in [-0.39, 0.29) is 5.78 Å². The molecule has 1 heterocycles. The highest BCUT2D eigenvalue weighted by molar-refractivity contribution is 6.34. The van der Waals surface area contributed by atoms with Gasteiger partial charge in [0.25, 0.3) is 0 Å². The lowest BCUT2D eigenvalue weighted by Gasteiger charge is -2.05. The quantitative estimate of drug-likeness (QED) is 0.793. The number of ketones is 1. The van der Waals surface area contributed by atoms with Crippen molar-refractivity contribution in [1.29, 1.82) is 0 Å². The summed E-state index contributed by atoms with van der Waals surface area (Å²) in [6.07, 6.45) is 3.43. The summed E-state index contributed by atoms with van der Waals surface area (Å²) in [5.41, 5.74) is 0.494. The van der Waals surface area contributed by atoms with E-state index in [0.717, 1.165) is 6.54 Å². The summed E-state index contributed by atoms with van der Waals surface area (Å²) in [6.45, 7) is 4.26. The van der Waals surface area contributed by atoms with Crippen LogP contribution < -0.4 is 4.74 Å². The van der Waals surface area contributed by atoms with E-state index in [1.165, 1.54) is 6.92 Å². The molecule has 0 unspecified atom stereocenters. The Balaban J connectivity index is 2.19. The molecule has 0 amide bonds. The highest BCUT2D eigenvalue weighted by Gasteiger charge is 2.08. The third-order valence-corrected chi connectivity index (χ3v) is 2.80. The third kappa shape index (κ3) is 2.71. The van der Waals surface area contributed by atoms with Gasteiger partial charge in [0.15, 0.2) is 11.5 Å². The van der Waals surface area contributed by atoms with E-state index in [2.05, 4.69) is 5.10 Å². The summed E-state index contributed by atoms with van der Waals surface area (Å²) in [7, 11) is 0. The summed E-state index contributed by atoms with van der Waals surface area (Å²) >= 11 is 6.00. The summed E-state index contributed by atoms with van der Waals surface area (Å²) in [5, 5.41) is 4.50. The number of rotatable bonds is 4. The van der Waals surface area contributed by atoms with Crippen molar-refractivity contribution in [2.75, 3.05) is 0 Å². The Bertz CT molecular complexity index is 578. The second-order valence-corrected chi connectivity index (χ2v) is 4.24. The van der Waals surface area contributed by atoms with Crippen molar-refractivity contribution in [3.8, 4) is 11.5 Å². The van der Waals surface area contributed by atoms with Crippen molar-refractivity contribution in [1.82, 2.24) is 9.78 Å². The topological polar surface area (TPSA) is 44.1 Å². The standard InChI is InChI=1S/C13H13ClN2O2/c1-3-16-8-11(7-15-16)18-10-4-5-12(9(2)17)13(14)6-10/h4-8H,3H2,1-2H3. The first kappa shape index (κ1) is 12.6. The first-order valence-corrected chi connectivity index (χ1v) is 5.98. The zero-order chi connectivity index (χ0) is 13.1. The Morgan fingerprint density at radius 2 is 2.22 bits per heavy atom. The van der Waals surface area contributed by atoms with Crippen LogP contribution in [0.1, 0.15) is 24.2 Å². The Labute approximate surface area is 110 Å². The monoisotopic (exact) mass is 264 g/mol. The van der Waals surface area contributed by atoms with Crippen molar-refractivity contribution >= 4 is 17.4 Å². The number of carbonyl (C=O) groups is 1. The maximum Gasteiger partial charge on any atom is 0.165 e. The minimum Gasteiger partial charge on any atom is -0.454 e. The maximum atomic E-state index is 11.2. The van der Waals surface area contributed by atoms with E-state index < -0.39 is 0 Å². The van der Waals surface area contributed by atoms with Crippen LogP contribution in [0.15, 0.2) is 30.6 Å². The molecule has 0 bridgehead atoms. The molecule has 0 aliphatic rings. The molecule has 5 heteroatoms. The number of benzene rings is 1. The number of aryl methyl sites for hydroxylation is 1. The van der Waals surface area contributed by atoms with Gasteiger partial charge >= 0.3 is 0 Å². The molecule has 2 rings (SSSR count). The second kappa shape index (κ2) is 5.23. The summed E-state index contributed by atoms with van der Waals surface area (Å²) in [4.78, 5) is 11.2. The largest absolute Gasteiger partial charge is 0.454 e. The van der Waals surface area contributed by atoms with Crippen molar-refractivity contribution in [3.63, 3.8) is 0 Å². The summed E-state index contributed by atoms with van der Waals surface area (Å²) in [5.74, 6) is 1.16. The highest BCUT2D eigenvalue weighted by atomic mass is 35.5. The van der Waals surface area contributed by atoms with Crippen LogP contribution in [-0.2, 0) is 6.54 Å². The zero-order valence-electron chi connectivity index (χ0n) is 10.2. The van der Waals surface area contributed by atoms with Gasteiger partial charge in [0.2, 0.25) is 0 Å². The normalized spacial score (nSPS) is 10.4. The fourth-order valence-corrected chi connectivity index (χ4v) is 1.85. The van der Waals surface area contributed by atoms with Crippen LogP contribution in [-0.4, -0.2) is 15.6 Å². The molecule has 0 N–H and O–H groups in total. The molecule has 1 aromatic carbocycles. The van der Waals surface area contributed by atoms with E-state index in [1.54, 1.807) is 35.3 Å². The van der Waals surface area contributed by atoms with Crippen molar-refractivity contribution in [2.45, 2.75) is 20.4 Å². The van der Waals surface area contributed by atoms with Gasteiger partial charge in [0.1, 0.15) is 5.75 Å². The van der Waals surface area contributed by atoms with E-state index in [4.69, 9.17) is 16.3 Å². The van der Waals surface area contributed by atoms with Gasteiger partial charge in [0, 0.05) is 18.2 Å². The van der Waals surface area contributed by atoms with E-state index in [9.17, 15) is 4.79 Å². The van der Waals surface area contributed by atoms with Crippen LogP contribution in [0, 0.1) is 0 Å². The molecule has 18 heavy (non-hydrogen) atoms. The van der Waals surface area contributed by atoms with Gasteiger partial charge < -0.3 is 4.74 Å². The molecule has 0 aliphatic heterocycles. The fraction of sp³-hybridized carbons (Fsp3) is 0.231. The Hall–Kier alpha value is -1.81. The smallest absolute Gasteiger partial charge is 0.165 e. The average molecular weight is 265 g/mol. The summed E-state index contributed by atoms with van der Waals surface area (Å²) < 4.78 is 7.36. The van der Waals surface area contributed by atoms with Crippen molar-refractivity contribution in [2.24, 2.45) is 0 Å². The molecule has 0 aliphatic carbocycles. The van der Waals surface area contributed by atoms with Gasteiger partial charge in [0.05, 0.1) is 17.4 Å². The van der Waals surface area contributed by atoms with Gasteiger partial charge in [-0.25, -0.2) is 0 Å². The molecule has 0 radical (unpaired) electrons. The molecule has 0 atom stereocenters. The predicted octanol–water partition coefficient (Wildman–Crippen LogP) is 3.55. The zero-order valence-corrected chi connectivity index (χ0v) is 10.9. The van der Waals surface area contributed by atoms with Crippen LogP contribution in [0.2, 0.25) is 5.02 Å². The molecule has 1 aromatic heterocycles. The fourth-order valence-electron chi connectivity index (χ4n) is 1.55. The summed E-state index contributed by atoms with van der Waals surface area (Å²) in [6, 6.07) is 5.00. The van der Waals surface area contributed by atoms with E-state index in [0.29, 0.717) is 22.1 Å². The predicted molar refractivity (Wildman–Crippen MR) is 69.4 cm³/mol. The molecule has 2 aromatic rings. The van der Waals surface area contributed by atoms with E-state index in [1.807, 2.05) is 6.92 Å². The van der Waals surface area contributed by atoms with Crippen LogP contribution in [0.25, 0.3) is 0 Å². The number of aromatic nitrogens is 2. The van der Waals surface area contributed by atoms with Gasteiger partial charge in [-0.05, 0) is 26.0 Å². The van der Waals surface area contributed by atoms with Gasteiger partial charge in [-0.3, -0.25) is 9.48 Å². The molecular formula is C13H13ClN2O2. The Morgan fingerprint density at radius 3 is 2.78 bits per heavy atom. The first-order chi connectivity index (χ1) is 8.60. The van der Waals surface area contributed by atoms with Crippen molar-refractivity contribution in [3.05, 3.63) is 41.2 Å². The Kier molecular flexibility index (Phi) is 3.67. The van der Waals surface area contributed by atoms with Gasteiger partial charge in [-0.15, -0.1) is 0 Å². The SMILES string of the molecule is CCn1cc(Oc2ccc(C(C)=O)c(Cl)c2)cn1. The lowest BCUT2D eigenvalue weighted by molar-refractivity contribution is 0.101. The van der Waals surface area contributed by atoms with Crippen LogP contribution in [0.3, 0.4) is 0 Å². The number of hydrogen-bond donors (Lipinski definition) is 0. The van der Waals surface area contributed by atoms with Crippen molar-refractivity contribution < 1.29 is 9.53 Å². The molecule has 0 saturated heterocycles. The number of nitrogens with zero attached hydrogens (tertiary/aromatic N) is 2. The number of carbonyl (C=O) groups excluding carboxylic acids is 1. The number of Topliss-reactive ketones (excluding diaryl/α,β-unsaturated/α-hetero) is 1. The highest BCUT2D eigenvalue weighted by Crippen LogP contribution is 2.26. The maximum absolute atomic E-state index is 11.2.